The highest BCUT2D eigenvalue weighted by atomic mass is 16.5. The highest BCUT2D eigenvalue weighted by Crippen LogP contribution is 2.14. The number of hydrogen-bond acceptors (Lipinski definition) is 5. The average molecular weight is 328 g/mol. The fourth-order valence-electron chi connectivity index (χ4n) is 2.47. The molecule has 0 radical (unpaired) electrons. The third-order valence-electron chi connectivity index (χ3n) is 4.15. The quantitative estimate of drug-likeness (QED) is 0.726. The van der Waals surface area contributed by atoms with Gasteiger partial charge in [-0.2, -0.15) is 0 Å². The van der Waals surface area contributed by atoms with E-state index in [1.165, 1.54) is 5.56 Å². The number of ether oxygens (including phenoxy) is 1. The van der Waals surface area contributed by atoms with Crippen LogP contribution in [0.5, 0.6) is 5.75 Å². The second-order valence-electron chi connectivity index (χ2n) is 5.76. The number of hydrogen-bond donors (Lipinski definition) is 1. The van der Waals surface area contributed by atoms with Gasteiger partial charge in [-0.05, 0) is 43.8 Å². The molecule has 24 heavy (non-hydrogen) atoms. The second kappa shape index (κ2) is 10.0. The highest BCUT2D eigenvalue weighted by molar-refractivity contribution is 5.27. The number of likely N-dealkylation sites (N-methyl/N-ethyl adjacent to an activating group) is 1. The summed E-state index contributed by atoms with van der Waals surface area (Å²) in [7, 11) is 0. The molecule has 2 aromatic rings. The van der Waals surface area contributed by atoms with Gasteiger partial charge in [-0.1, -0.05) is 26.0 Å². The van der Waals surface area contributed by atoms with Crippen molar-refractivity contribution in [1.82, 2.24) is 20.2 Å². The zero-order valence-electron chi connectivity index (χ0n) is 14.9. The molecule has 0 bridgehead atoms. The lowest BCUT2D eigenvalue weighted by atomic mass is 10.2. The molecule has 0 amide bonds. The minimum atomic E-state index is 0.193. The first-order valence-electron chi connectivity index (χ1n) is 8.66. The summed E-state index contributed by atoms with van der Waals surface area (Å²) in [5, 5.41) is 3.47. The molecule has 130 valence electrons. The van der Waals surface area contributed by atoms with Crippen LogP contribution in [0.3, 0.4) is 0 Å². The van der Waals surface area contributed by atoms with E-state index < -0.39 is 0 Å². The molecule has 1 heterocycles. The maximum atomic E-state index is 5.81. The lowest BCUT2D eigenvalue weighted by Crippen LogP contribution is -2.27. The van der Waals surface area contributed by atoms with Gasteiger partial charge in [-0.15, -0.1) is 0 Å². The Labute approximate surface area is 145 Å². The third-order valence-corrected chi connectivity index (χ3v) is 4.15. The first-order valence-corrected chi connectivity index (χ1v) is 8.66. The highest BCUT2D eigenvalue weighted by Gasteiger charge is 2.06. The predicted molar refractivity (Wildman–Crippen MR) is 97.0 cm³/mol. The van der Waals surface area contributed by atoms with Gasteiger partial charge >= 0.3 is 0 Å². The zero-order valence-corrected chi connectivity index (χ0v) is 14.9. The van der Waals surface area contributed by atoms with Crippen molar-refractivity contribution in [2.45, 2.75) is 33.4 Å². The maximum absolute atomic E-state index is 5.81. The van der Waals surface area contributed by atoms with Crippen LogP contribution >= 0.6 is 0 Å². The van der Waals surface area contributed by atoms with Crippen molar-refractivity contribution in [1.29, 1.82) is 0 Å². The summed E-state index contributed by atoms with van der Waals surface area (Å²) in [4.78, 5) is 10.6. The van der Waals surface area contributed by atoms with Crippen molar-refractivity contribution >= 4 is 0 Å². The molecule has 1 N–H and O–H groups in total. The smallest absolute Gasteiger partial charge is 0.119 e. The van der Waals surface area contributed by atoms with E-state index in [4.69, 9.17) is 4.74 Å². The summed E-state index contributed by atoms with van der Waals surface area (Å²) in [5.41, 5.74) is 2.23. The van der Waals surface area contributed by atoms with Crippen LogP contribution in [0, 0.1) is 0 Å². The van der Waals surface area contributed by atoms with Crippen LogP contribution < -0.4 is 10.1 Å². The van der Waals surface area contributed by atoms with Gasteiger partial charge < -0.3 is 15.0 Å². The summed E-state index contributed by atoms with van der Waals surface area (Å²) < 4.78 is 5.81. The Bertz CT molecular complexity index is 570. The topological polar surface area (TPSA) is 50.3 Å². The van der Waals surface area contributed by atoms with Crippen molar-refractivity contribution < 1.29 is 4.74 Å². The summed E-state index contributed by atoms with van der Waals surface area (Å²) in [6.45, 7) is 11.1. The molecule has 0 spiro atoms. The molecule has 0 saturated carbocycles. The second-order valence-corrected chi connectivity index (χ2v) is 5.76. The van der Waals surface area contributed by atoms with Gasteiger partial charge in [0.15, 0.2) is 0 Å². The van der Waals surface area contributed by atoms with Crippen LogP contribution in [0.25, 0.3) is 0 Å². The van der Waals surface area contributed by atoms with Crippen molar-refractivity contribution in [2.24, 2.45) is 0 Å². The van der Waals surface area contributed by atoms with Crippen molar-refractivity contribution in [2.75, 3.05) is 26.2 Å². The first-order chi connectivity index (χ1) is 11.7. The van der Waals surface area contributed by atoms with Gasteiger partial charge in [-0.25, -0.2) is 9.97 Å². The SMILES string of the molecule is CCN(CC)CCOc1ccc(CNC(C)c2ccncn2)cc1. The molecular weight excluding hydrogens is 300 g/mol. The molecule has 1 aromatic carbocycles. The number of rotatable bonds is 10. The van der Waals surface area contributed by atoms with Crippen LogP contribution in [0.4, 0.5) is 0 Å². The van der Waals surface area contributed by atoms with Gasteiger partial charge in [-0.3, -0.25) is 0 Å². The van der Waals surface area contributed by atoms with E-state index in [2.05, 4.69) is 53.1 Å². The van der Waals surface area contributed by atoms with Crippen molar-refractivity contribution in [3.8, 4) is 5.75 Å². The molecule has 1 atom stereocenters. The molecule has 5 heteroatoms. The Morgan fingerprint density at radius 3 is 2.50 bits per heavy atom. The molecular formula is C19H28N4O. The fraction of sp³-hybridized carbons (Fsp3) is 0.474. The lowest BCUT2D eigenvalue weighted by Gasteiger charge is -2.18. The predicted octanol–water partition coefficient (Wildman–Crippen LogP) is 3.05. The van der Waals surface area contributed by atoms with Gasteiger partial charge in [0, 0.05) is 25.3 Å². The molecule has 1 unspecified atom stereocenters. The summed E-state index contributed by atoms with van der Waals surface area (Å²) in [5.74, 6) is 0.926. The molecule has 2 rings (SSSR count). The summed E-state index contributed by atoms with van der Waals surface area (Å²) in [6.07, 6.45) is 3.35. The number of nitrogens with one attached hydrogen (secondary N) is 1. The number of aromatic nitrogens is 2. The van der Waals surface area contributed by atoms with Gasteiger partial charge in [0.25, 0.3) is 0 Å². The van der Waals surface area contributed by atoms with Crippen LogP contribution in [-0.2, 0) is 6.54 Å². The molecule has 0 fully saturated rings. The minimum Gasteiger partial charge on any atom is -0.492 e. The van der Waals surface area contributed by atoms with Crippen LogP contribution in [0.15, 0.2) is 42.9 Å². The number of benzene rings is 1. The molecule has 0 aliphatic carbocycles. The van der Waals surface area contributed by atoms with Crippen molar-refractivity contribution in [3.63, 3.8) is 0 Å². The van der Waals surface area contributed by atoms with Gasteiger partial charge in [0.05, 0.1) is 5.69 Å². The molecule has 0 aliphatic rings. The van der Waals surface area contributed by atoms with Gasteiger partial charge in [0.2, 0.25) is 0 Å². The summed E-state index contributed by atoms with van der Waals surface area (Å²) in [6, 6.07) is 10.4. The normalized spacial score (nSPS) is 12.3. The molecule has 0 aliphatic heterocycles. The van der Waals surface area contributed by atoms with E-state index in [-0.39, 0.29) is 6.04 Å². The average Bonchev–Trinajstić information content (AvgIpc) is 2.65. The lowest BCUT2D eigenvalue weighted by molar-refractivity contribution is 0.223. The van der Waals surface area contributed by atoms with E-state index >= 15 is 0 Å². The molecule has 1 aromatic heterocycles. The number of nitrogens with zero attached hydrogens (tertiary/aromatic N) is 3. The Balaban J connectivity index is 1.75. The van der Waals surface area contributed by atoms with Gasteiger partial charge in [0.1, 0.15) is 18.7 Å². The van der Waals surface area contributed by atoms with Crippen molar-refractivity contribution in [3.05, 3.63) is 54.1 Å². The largest absolute Gasteiger partial charge is 0.492 e. The van der Waals surface area contributed by atoms with E-state index in [1.807, 2.05) is 18.2 Å². The van der Waals surface area contributed by atoms with E-state index in [9.17, 15) is 0 Å². The third kappa shape index (κ3) is 5.91. The van der Waals surface area contributed by atoms with Crippen LogP contribution in [0.1, 0.15) is 38.1 Å². The monoisotopic (exact) mass is 328 g/mol. The Hall–Kier alpha value is -1.98. The standard InChI is InChI=1S/C19H28N4O/c1-4-23(5-2)12-13-24-18-8-6-17(7-9-18)14-21-16(3)19-10-11-20-15-22-19/h6-11,15-16,21H,4-5,12-14H2,1-3H3. The van der Waals surface area contributed by atoms with Crippen LogP contribution in [-0.4, -0.2) is 41.1 Å². The van der Waals surface area contributed by atoms with Crippen LogP contribution in [0.2, 0.25) is 0 Å². The molecule has 0 saturated heterocycles. The Morgan fingerprint density at radius 1 is 1.12 bits per heavy atom. The minimum absolute atomic E-state index is 0.193. The summed E-state index contributed by atoms with van der Waals surface area (Å²) >= 11 is 0. The fourth-order valence-corrected chi connectivity index (χ4v) is 2.47. The Morgan fingerprint density at radius 2 is 1.88 bits per heavy atom. The first kappa shape index (κ1) is 18.4. The van der Waals surface area contributed by atoms with E-state index in [1.54, 1.807) is 12.5 Å². The zero-order chi connectivity index (χ0) is 17.2. The molecule has 5 nitrogen and oxygen atoms in total. The Kier molecular flexibility index (Phi) is 7.65. The maximum Gasteiger partial charge on any atom is 0.119 e. The van der Waals surface area contributed by atoms with E-state index in [0.717, 1.165) is 44.2 Å². The van der Waals surface area contributed by atoms with E-state index in [0.29, 0.717) is 0 Å².